The number of amides is 1. The number of nitrogens with one attached hydrogen (secondary N) is 1. The van der Waals surface area contributed by atoms with Gasteiger partial charge in [0.05, 0.1) is 5.54 Å². The van der Waals surface area contributed by atoms with Crippen LogP contribution in [0.5, 0.6) is 0 Å². The summed E-state index contributed by atoms with van der Waals surface area (Å²) in [5.41, 5.74) is -0.884. The Kier molecular flexibility index (Phi) is 2.59. The minimum Gasteiger partial charge on any atom is -0.449 e. The normalized spacial score (nSPS) is 56.3. The molecule has 6 rings (SSSR count). The van der Waals surface area contributed by atoms with Crippen LogP contribution in [0.25, 0.3) is 0 Å². The molecule has 8 heteroatoms. The van der Waals surface area contributed by atoms with Crippen molar-refractivity contribution < 1.29 is 73.9 Å². The number of carbonyl (C=O) groups excluding carboxylic acids is 1. The van der Waals surface area contributed by atoms with Gasteiger partial charge in [-0.05, 0) is 56.3 Å². The topological polar surface area (TPSA) is 38.3 Å². The van der Waals surface area contributed by atoms with Crippen molar-refractivity contribution in [1.29, 1.82) is 0 Å². The number of hydrogen-bond donors (Lipinski definition) is 1. The number of alkyl carbamates (subject to hydrolysis) is 1. The summed E-state index contributed by atoms with van der Waals surface area (Å²) in [5.74, 6) is -0.303. The maximum absolute atomic E-state index is 13.2. The van der Waals surface area contributed by atoms with Crippen LogP contribution in [0.15, 0.2) is 0 Å². The number of carbonyl (C=O) groups is 1. The van der Waals surface area contributed by atoms with Crippen LogP contribution in [0, 0.1) is 35.5 Å². The summed E-state index contributed by atoms with van der Waals surface area (Å²) in [6.07, 6.45) is -0.472. The number of halogens is 3. The average Bonchev–Trinajstić information content (AvgIpc) is 2.24. The van der Waals surface area contributed by atoms with Crippen molar-refractivity contribution in [2.45, 2.75) is 37.2 Å². The second-order valence-electron chi connectivity index (χ2n) is 8.29. The molecule has 0 aromatic carbocycles. The SMILES string of the molecule is CC(C)(C)OC(=O)NC12C3C4C1C1C2C3C41[B-](F)(F)F.[K+]. The van der Waals surface area contributed by atoms with Gasteiger partial charge in [0.15, 0.2) is 0 Å². The van der Waals surface area contributed by atoms with Crippen LogP contribution in [0.3, 0.4) is 0 Å². The van der Waals surface area contributed by atoms with Crippen LogP contribution in [0.1, 0.15) is 20.8 Å². The molecule has 6 aliphatic rings. The molecule has 6 saturated carbocycles. The molecule has 1 amide bonds. The van der Waals surface area contributed by atoms with Gasteiger partial charge in [0.1, 0.15) is 5.60 Å². The van der Waals surface area contributed by atoms with Gasteiger partial charge in [0.2, 0.25) is 0 Å². The molecule has 0 atom stereocenters. The van der Waals surface area contributed by atoms with E-state index in [9.17, 15) is 17.7 Å². The van der Waals surface area contributed by atoms with Gasteiger partial charge in [0.25, 0.3) is 0 Å². The van der Waals surface area contributed by atoms with E-state index in [0.29, 0.717) is 0 Å². The molecular formula is C13H16BF3KNO2. The molecule has 6 fully saturated rings. The Morgan fingerprint density at radius 3 is 1.81 bits per heavy atom. The summed E-state index contributed by atoms with van der Waals surface area (Å²) in [5, 5.41) is 1.63. The summed E-state index contributed by atoms with van der Waals surface area (Å²) < 4.78 is 44.9. The molecule has 0 spiro atoms. The van der Waals surface area contributed by atoms with Crippen LogP contribution < -0.4 is 56.7 Å². The van der Waals surface area contributed by atoms with Crippen LogP contribution in [-0.4, -0.2) is 24.2 Å². The van der Waals surface area contributed by atoms with Crippen molar-refractivity contribution in [1.82, 2.24) is 5.32 Å². The molecule has 21 heavy (non-hydrogen) atoms. The second kappa shape index (κ2) is 3.55. The van der Waals surface area contributed by atoms with Crippen molar-refractivity contribution in [2.24, 2.45) is 35.5 Å². The van der Waals surface area contributed by atoms with Crippen LogP contribution >= 0.6 is 0 Å². The summed E-state index contributed by atoms with van der Waals surface area (Å²) >= 11 is 0. The van der Waals surface area contributed by atoms with Gasteiger partial charge in [0, 0.05) is 0 Å². The van der Waals surface area contributed by atoms with Gasteiger partial charge in [-0.3, -0.25) is 0 Å². The first kappa shape index (κ1) is 15.3. The monoisotopic (exact) mass is 325 g/mol. The average molecular weight is 325 g/mol. The molecule has 0 heterocycles. The van der Waals surface area contributed by atoms with Gasteiger partial charge in [-0.1, -0.05) is 5.31 Å². The molecule has 6 aliphatic carbocycles. The molecule has 1 N–H and O–H groups in total. The van der Waals surface area contributed by atoms with Gasteiger partial charge in [-0.25, -0.2) is 4.79 Å². The molecule has 0 aliphatic heterocycles. The molecular weight excluding hydrogens is 309 g/mol. The van der Waals surface area contributed by atoms with E-state index in [1.165, 1.54) is 0 Å². The van der Waals surface area contributed by atoms with Gasteiger partial charge < -0.3 is 23.0 Å². The van der Waals surface area contributed by atoms with Crippen LogP contribution in [0.2, 0.25) is 5.31 Å². The first-order chi connectivity index (χ1) is 9.08. The smallest absolute Gasteiger partial charge is 0.449 e. The number of ether oxygens (including phenoxy) is 1. The van der Waals surface area contributed by atoms with Crippen molar-refractivity contribution in [3.05, 3.63) is 0 Å². The standard InChI is InChI=1S/C13H16BF3NO2.K/c1-11(2,3)20-10(19)18-13-7-4-8(13)6-9(13)5(7)12(4,6)14(15,16)17;/h4-9H,1-3H3,(H,18,19);/q-1;+1. The van der Waals surface area contributed by atoms with E-state index in [2.05, 4.69) is 5.32 Å². The quantitative estimate of drug-likeness (QED) is 0.702. The number of rotatable bonds is 2. The summed E-state index contributed by atoms with van der Waals surface area (Å²) in [6.45, 7) is 0.638. The van der Waals surface area contributed by atoms with E-state index in [1.807, 2.05) is 0 Å². The molecule has 0 radical (unpaired) electrons. The predicted octanol–water partition coefficient (Wildman–Crippen LogP) is -0.393. The van der Waals surface area contributed by atoms with E-state index in [0.717, 1.165) is 0 Å². The third-order valence-corrected chi connectivity index (χ3v) is 6.99. The summed E-state index contributed by atoms with van der Waals surface area (Å²) in [4.78, 5) is 11.9. The number of hydrogen-bond acceptors (Lipinski definition) is 2. The fraction of sp³-hybridized carbons (Fsp3) is 0.923. The predicted molar refractivity (Wildman–Crippen MR) is 64.8 cm³/mol. The zero-order valence-corrected chi connectivity index (χ0v) is 15.6. The Labute approximate surface area is 163 Å². The second-order valence-corrected chi connectivity index (χ2v) is 8.29. The first-order valence-electron chi connectivity index (χ1n) is 7.29. The molecule has 0 aromatic heterocycles. The van der Waals surface area contributed by atoms with Crippen molar-refractivity contribution in [3.8, 4) is 0 Å². The van der Waals surface area contributed by atoms with E-state index in [-0.39, 0.29) is 92.4 Å². The largest absolute Gasteiger partial charge is 1.00 e. The first-order valence-corrected chi connectivity index (χ1v) is 7.29. The zero-order valence-electron chi connectivity index (χ0n) is 12.5. The van der Waals surface area contributed by atoms with Crippen molar-refractivity contribution in [3.63, 3.8) is 0 Å². The van der Waals surface area contributed by atoms with Crippen LogP contribution in [-0.2, 0) is 4.74 Å². The molecule has 0 bridgehead atoms. The Morgan fingerprint density at radius 1 is 1.05 bits per heavy atom. The fourth-order valence-corrected chi connectivity index (χ4v) is 7.00. The third kappa shape index (κ3) is 1.15. The molecule has 0 unspecified atom stereocenters. The van der Waals surface area contributed by atoms with Gasteiger partial charge >= 0.3 is 64.5 Å². The fourth-order valence-electron chi connectivity index (χ4n) is 7.00. The van der Waals surface area contributed by atoms with Crippen molar-refractivity contribution in [2.75, 3.05) is 0 Å². The minimum atomic E-state index is -4.72. The Hall–Kier alpha value is 0.761. The van der Waals surface area contributed by atoms with Crippen LogP contribution in [0.4, 0.5) is 17.7 Å². The Bertz CT molecular complexity index is 519. The summed E-state index contributed by atoms with van der Waals surface area (Å²) in [7, 11) is 0. The summed E-state index contributed by atoms with van der Waals surface area (Å²) in [6, 6.07) is 0. The third-order valence-electron chi connectivity index (χ3n) is 6.99. The van der Waals surface area contributed by atoms with E-state index >= 15 is 0 Å². The van der Waals surface area contributed by atoms with E-state index in [1.54, 1.807) is 20.8 Å². The molecule has 0 aromatic rings. The molecule has 3 nitrogen and oxygen atoms in total. The van der Waals surface area contributed by atoms with Gasteiger partial charge in [-0.2, -0.15) is 0 Å². The Morgan fingerprint density at radius 2 is 1.48 bits per heavy atom. The van der Waals surface area contributed by atoms with Gasteiger partial charge in [-0.15, -0.1) is 0 Å². The zero-order chi connectivity index (χ0) is 14.5. The maximum Gasteiger partial charge on any atom is 1.00 e. The molecule has 0 saturated heterocycles. The molecule has 110 valence electrons. The van der Waals surface area contributed by atoms with E-state index < -0.39 is 24.0 Å². The Balaban J connectivity index is 0.00000115. The van der Waals surface area contributed by atoms with E-state index in [4.69, 9.17) is 4.74 Å². The maximum atomic E-state index is 13.2. The van der Waals surface area contributed by atoms with Crippen molar-refractivity contribution >= 4 is 13.1 Å². The minimum absolute atomic E-state index is 0.